The van der Waals surface area contributed by atoms with E-state index in [1.807, 2.05) is 0 Å². The molecular formula is C8H6ClN3O2. The van der Waals surface area contributed by atoms with Gasteiger partial charge in [-0.25, -0.2) is 24.4 Å². The monoisotopic (exact) mass is 211 g/mol. The molecule has 2 N–H and O–H groups in total. The summed E-state index contributed by atoms with van der Waals surface area (Å²) in [7, 11) is 0. The van der Waals surface area contributed by atoms with Gasteiger partial charge in [0.2, 0.25) is 0 Å². The Balaban J connectivity index is 2.72. The molecule has 1 aromatic carbocycles. The Kier molecular flexibility index (Phi) is 2.01. The van der Waals surface area contributed by atoms with Gasteiger partial charge >= 0.3 is 11.4 Å². The Labute approximate surface area is 82.9 Å². The maximum Gasteiger partial charge on any atom is 0.348 e. The van der Waals surface area contributed by atoms with Gasteiger partial charge in [-0.2, -0.15) is 0 Å². The lowest BCUT2D eigenvalue weighted by Gasteiger charge is -1.98. The van der Waals surface area contributed by atoms with Crippen molar-refractivity contribution in [1.29, 1.82) is 0 Å². The molecule has 0 amide bonds. The maximum absolute atomic E-state index is 11.2. The zero-order valence-electron chi connectivity index (χ0n) is 6.95. The molecule has 5 nitrogen and oxygen atoms in total. The minimum atomic E-state index is -0.516. The number of benzene rings is 1. The summed E-state index contributed by atoms with van der Waals surface area (Å²) in [4.78, 5) is 22.4. The highest BCUT2D eigenvalue weighted by Gasteiger charge is 2.04. The summed E-state index contributed by atoms with van der Waals surface area (Å²) in [6.45, 7) is 0. The van der Waals surface area contributed by atoms with Gasteiger partial charge in [0.25, 0.3) is 0 Å². The molecule has 1 heterocycles. The van der Waals surface area contributed by atoms with Crippen LogP contribution in [-0.4, -0.2) is 14.8 Å². The van der Waals surface area contributed by atoms with E-state index >= 15 is 0 Å². The van der Waals surface area contributed by atoms with Crippen molar-refractivity contribution in [2.24, 2.45) is 0 Å². The van der Waals surface area contributed by atoms with Crippen molar-refractivity contribution in [2.75, 3.05) is 0 Å². The Morgan fingerprint density at radius 1 is 1.14 bits per heavy atom. The predicted octanol–water partition coefficient (Wildman–Crippen LogP) is 0.507. The first-order valence-corrected chi connectivity index (χ1v) is 4.22. The molecule has 0 saturated carbocycles. The summed E-state index contributed by atoms with van der Waals surface area (Å²) < 4.78 is 0.964. The third kappa shape index (κ3) is 1.38. The zero-order valence-corrected chi connectivity index (χ0v) is 7.71. The van der Waals surface area contributed by atoms with E-state index in [0.717, 1.165) is 4.57 Å². The van der Waals surface area contributed by atoms with E-state index in [-0.39, 0.29) is 0 Å². The lowest BCUT2D eigenvalue weighted by atomic mass is 10.3. The number of rotatable bonds is 1. The van der Waals surface area contributed by atoms with Crippen LogP contribution in [0.3, 0.4) is 0 Å². The van der Waals surface area contributed by atoms with Crippen molar-refractivity contribution >= 4 is 11.6 Å². The SMILES string of the molecule is O=c1[nH][nH]c(=O)n1-c1cccc(Cl)c1. The van der Waals surface area contributed by atoms with Gasteiger partial charge in [0.15, 0.2) is 0 Å². The largest absolute Gasteiger partial charge is 0.348 e. The van der Waals surface area contributed by atoms with E-state index in [9.17, 15) is 9.59 Å². The number of hydrogen-bond acceptors (Lipinski definition) is 2. The maximum atomic E-state index is 11.2. The molecule has 0 aliphatic heterocycles. The molecule has 0 fully saturated rings. The minimum absolute atomic E-state index is 0.435. The van der Waals surface area contributed by atoms with Crippen molar-refractivity contribution in [3.63, 3.8) is 0 Å². The molecule has 2 rings (SSSR count). The number of H-pyrrole nitrogens is 2. The van der Waals surface area contributed by atoms with Crippen LogP contribution < -0.4 is 11.4 Å². The van der Waals surface area contributed by atoms with Crippen LogP contribution in [0.5, 0.6) is 0 Å². The van der Waals surface area contributed by atoms with E-state index < -0.39 is 11.4 Å². The molecule has 0 unspecified atom stereocenters. The van der Waals surface area contributed by atoms with Gasteiger partial charge in [0.05, 0.1) is 5.69 Å². The molecule has 0 atom stereocenters. The van der Waals surface area contributed by atoms with E-state index in [2.05, 4.69) is 10.2 Å². The highest BCUT2D eigenvalue weighted by atomic mass is 35.5. The number of hydrogen-bond donors (Lipinski definition) is 2. The second-order valence-corrected chi connectivity index (χ2v) is 3.11. The first kappa shape index (κ1) is 8.83. The van der Waals surface area contributed by atoms with Crippen LogP contribution in [0.15, 0.2) is 33.9 Å². The fourth-order valence-electron chi connectivity index (χ4n) is 1.16. The number of aromatic amines is 2. The van der Waals surface area contributed by atoms with Gasteiger partial charge in [-0.05, 0) is 18.2 Å². The Hall–Kier alpha value is -1.75. The molecule has 0 radical (unpaired) electrons. The lowest BCUT2D eigenvalue weighted by molar-refractivity contribution is 0.952. The second kappa shape index (κ2) is 3.19. The summed E-state index contributed by atoms with van der Waals surface area (Å²) in [6, 6.07) is 6.48. The van der Waals surface area contributed by atoms with Gasteiger partial charge < -0.3 is 0 Å². The Morgan fingerprint density at radius 2 is 1.79 bits per heavy atom. The highest BCUT2D eigenvalue weighted by molar-refractivity contribution is 6.30. The molecule has 1 aromatic heterocycles. The van der Waals surface area contributed by atoms with Crippen LogP contribution in [0.1, 0.15) is 0 Å². The van der Waals surface area contributed by atoms with E-state index in [1.165, 1.54) is 6.07 Å². The number of halogens is 1. The summed E-state index contributed by atoms with van der Waals surface area (Å²) in [6.07, 6.45) is 0. The minimum Gasteiger partial charge on any atom is -0.247 e. The predicted molar refractivity (Wildman–Crippen MR) is 52.0 cm³/mol. The number of nitrogens with zero attached hydrogens (tertiary/aromatic N) is 1. The smallest absolute Gasteiger partial charge is 0.247 e. The van der Waals surface area contributed by atoms with Crippen LogP contribution in [0.2, 0.25) is 5.02 Å². The first-order chi connectivity index (χ1) is 6.68. The second-order valence-electron chi connectivity index (χ2n) is 2.68. The Morgan fingerprint density at radius 3 is 2.36 bits per heavy atom. The van der Waals surface area contributed by atoms with Crippen LogP contribution in [0, 0.1) is 0 Å². The van der Waals surface area contributed by atoms with Gasteiger partial charge in [-0.1, -0.05) is 17.7 Å². The topological polar surface area (TPSA) is 70.7 Å². The fourth-order valence-corrected chi connectivity index (χ4v) is 1.35. The van der Waals surface area contributed by atoms with Crippen LogP contribution in [0.4, 0.5) is 0 Å². The van der Waals surface area contributed by atoms with E-state index in [4.69, 9.17) is 11.6 Å². The normalized spacial score (nSPS) is 10.4. The molecular weight excluding hydrogens is 206 g/mol. The molecule has 0 bridgehead atoms. The third-order valence-corrected chi connectivity index (χ3v) is 1.98. The van der Waals surface area contributed by atoms with Crippen LogP contribution in [0.25, 0.3) is 5.69 Å². The molecule has 2 aromatic rings. The van der Waals surface area contributed by atoms with Gasteiger partial charge in [-0.3, -0.25) is 0 Å². The summed E-state index contributed by atoms with van der Waals surface area (Å²) in [5.74, 6) is 0. The first-order valence-electron chi connectivity index (χ1n) is 3.84. The van der Waals surface area contributed by atoms with Gasteiger partial charge in [-0.15, -0.1) is 0 Å². The van der Waals surface area contributed by atoms with Crippen molar-refractivity contribution in [3.8, 4) is 5.69 Å². The van der Waals surface area contributed by atoms with Crippen molar-refractivity contribution in [1.82, 2.24) is 14.8 Å². The molecule has 0 saturated heterocycles. The summed E-state index contributed by atoms with van der Waals surface area (Å²) in [5, 5.41) is 4.83. The van der Waals surface area contributed by atoms with Gasteiger partial charge in [0.1, 0.15) is 0 Å². The number of aromatic nitrogens is 3. The standard InChI is InChI=1S/C8H6ClN3O2/c9-5-2-1-3-6(4-5)12-7(13)10-11-8(12)14/h1-4H,(H,10,13)(H,11,14). The van der Waals surface area contributed by atoms with Crippen LogP contribution >= 0.6 is 11.6 Å². The summed E-state index contributed by atoms with van der Waals surface area (Å²) >= 11 is 5.73. The average Bonchev–Trinajstić information content (AvgIpc) is 2.46. The molecule has 72 valence electrons. The fraction of sp³-hybridized carbons (Fsp3) is 0. The van der Waals surface area contributed by atoms with E-state index in [1.54, 1.807) is 18.2 Å². The van der Waals surface area contributed by atoms with E-state index in [0.29, 0.717) is 10.7 Å². The molecule has 0 spiro atoms. The summed E-state index contributed by atoms with van der Waals surface area (Å²) in [5.41, 5.74) is -0.598. The average molecular weight is 212 g/mol. The molecule has 0 aliphatic rings. The zero-order chi connectivity index (χ0) is 10.1. The van der Waals surface area contributed by atoms with Gasteiger partial charge in [0, 0.05) is 5.02 Å². The highest BCUT2D eigenvalue weighted by Crippen LogP contribution is 2.11. The third-order valence-electron chi connectivity index (χ3n) is 1.75. The molecule has 6 heteroatoms. The lowest BCUT2D eigenvalue weighted by Crippen LogP contribution is -2.24. The van der Waals surface area contributed by atoms with Crippen molar-refractivity contribution in [2.45, 2.75) is 0 Å². The van der Waals surface area contributed by atoms with Crippen LogP contribution in [-0.2, 0) is 0 Å². The van der Waals surface area contributed by atoms with Crippen molar-refractivity contribution in [3.05, 3.63) is 50.3 Å². The molecule has 0 aliphatic carbocycles. The molecule has 14 heavy (non-hydrogen) atoms. The quantitative estimate of drug-likeness (QED) is 0.722. The Bertz CT molecular complexity index is 539. The number of nitrogens with one attached hydrogen (secondary N) is 2. The van der Waals surface area contributed by atoms with Crippen molar-refractivity contribution < 1.29 is 0 Å².